The van der Waals surface area contributed by atoms with Crippen molar-refractivity contribution in [1.82, 2.24) is 5.43 Å². The van der Waals surface area contributed by atoms with Crippen LogP contribution in [0.2, 0.25) is 5.02 Å². The standard InChI is InChI=1S/C25H25ClN2O3S/c1-17-8-11-21(12-9-17)32-18(2)25(29)28-27-15-19-10-13-23(24(14-19)30-3)31-16-20-6-4-5-7-22(20)26/h4-15,18H,16H2,1-3H3,(H,28,29)/b27-15-/t18-/m0/s1. The summed E-state index contributed by atoms with van der Waals surface area (Å²) in [6, 6.07) is 21.0. The maximum atomic E-state index is 12.3. The lowest BCUT2D eigenvalue weighted by Crippen LogP contribution is -2.26. The Morgan fingerprint density at radius 3 is 2.59 bits per heavy atom. The molecule has 1 amide bonds. The van der Waals surface area contributed by atoms with Gasteiger partial charge in [-0.2, -0.15) is 5.10 Å². The fourth-order valence-electron chi connectivity index (χ4n) is 2.79. The van der Waals surface area contributed by atoms with Crippen LogP contribution in [0.5, 0.6) is 11.5 Å². The van der Waals surface area contributed by atoms with Gasteiger partial charge in [0.2, 0.25) is 0 Å². The van der Waals surface area contributed by atoms with Gasteiger partial charge in [0.1, 0.15) is 6.61 Å². The van der Waals surface area contributed by atoms with Crippen LogP contribution in [-0.4, -0.2) is 24.5 Å². The number of hydrogen-bond acceptors (Lipinski definition) is 5. The summed E-state index contributed by atoms with van der Waals surface area (Å²) >= 11 is 7.67. The first-order valence-corrected chi connectivity index (χ1v) is 11.3. The Balaban J connectivity index is 1.56. The number of nitrogens with one attached hydrogen (secondary N) is 1. The number of rotatable bonds is 9. The first-order chi connectivity index (χ1) is 15.5. The van der Waals surface area contributed by atoms with Crippen molar-refractivity contribution in [3.63, 3.8) is 0 Å². The lowest BCUT2D eigenvalue weighted by molar-refractivity contribution is -0.120. The predicted molar refractivity (Wildman–Crippen MR) is 131 cm³/mol. The molecule has 166 valence electrons. The average molecular weight is 469 g/mol. The molecular weight excluding hydrogens is 444 g/mol. The Morgan fingerprint density at radius 2 is 1.88 bits per heavy atom. The third-order valence-corrected chi connectivity index (χ3v) is 6.10. The SMILES string of the molecule is COc1cc(/C=N\NC(=O)[C@H](C)Sc2ccc(C)cc2)ccc1OCc1ccccc1Cl. The second kappa shape index (κ2) is 11.6. The van der Waals surface area contributed by atoms with E-state index in [1.165, 1.54) is 17.3 Å². The highest BCUT2D eigenvalue weighted by Gasteiger charge is 2.13. The van der Waals surface area contributed by atoms with Crippen LogP contribution < -0.4 is 14.9 Å². The number of hydrazone groups is 1. The fraction of sp³-hybridized carbons (Fsp3) is 0.200. The van der Waals surface area contributed by atoms with Crippen molar-refractivity contribution in [2.75, 3.05) is 7.11 Å². The Bertz CT molecular complexity index is 1090. The Morgan fingerprint density at radius 1 is 1.12 bits per heavy atom. The van der Waals surface area contributed by atoms with E-state index in [2.05, 4.69) is 10.5 Å². The number of carbonyl (C=O) groups excluding carboxylic acids is 1. The van der Waals surface area contributed by atoms with Gasteiger partial charge in [0, 0.05) is 15.5 Å². The fourth-order valence-corrected chi connectivity index (χ4v) is 3.84. The summed E-state index contributed by atoms with van der Waals surface area (Å²) in [5, 5.41) is 4.46. The van der Waals surface area contributed by atoms with E-state index in [0.717, 1.165) is 16.0 Å². The number of ether oxygens (including phenoxy) is 2. The van der Waals surface area contributed by atoms with Crippen LogP contribution in [0, 0.1) is 6.92 Å². The molecule has 0 radical (unpaired) electrons. The number of hydrogen-bond donors (Lipinski definition) is 1. The van der Waals surface area contributed by atoms with Crippen molar-refractivity contribution in [3.8, 4) is 11.5 Å². The number of thioether (sulfide) groups is 1. The summed E-state index contributed by atoms with van der Waals surface area (Å²) in [4.78, 5) is 13.4. The van der Waals surface area contributed by atoms with E-state index < -0.39 is 0 Å². The highest BCUT2D eigenvalue weighted by molar-refractivity contribution is 8.00. The molecule has 7 heteroatoms. The third-order valence-electron chi connectivity index (χ3n) is 4.62. The maximum Gasteiger partial charge on any atom is 0.253 e. The predicted octanol–water partition coefficient (Wildman–Crippen LogP) is 5.87. The van der Waals surface area contributed by atoms with Gasteiger partial charge in [0.15, 0.2) is 11.5 Å². The molecule has 3 rings (SSSR count). The minimum atomic E-state index is -0.273. The topological polar surface area (TPSA) is 59.9 Å². The molecule has 32 heavy (non-hydrogen) atoms. The molecule has 0 fully saturated rings. The molecule has 0 spiro atoms. The minimum Gasteiger partial charge on any atom is -0.493 e. The smallest absolute Gasteiger partial charge is 0.253 e. The summed E-state index contributed by atoms with van der Waals surface area (Å²) in [6.07, 6.45) is 1.57. The van der Waals surface area contributed by atoms with Crippen molar-refractivity contribution >= 4 is 35.5 Å². The van der Waals surface area contributed by atoms with Crippen molar-refractivity contribution in [2.24, 2.45) is 5.10 Å². The van der Waals surface area contributed by atoms with Gasteiger partial charge in [-0.1, -0.05) is 47.5 Å². The van der Waals surface area contributed by atoms with Crippen LogP contribution in [0.25, 0.3) is 0 Å². The van der Waals surface area contributed by atoms with E-state index in [0.29, 0.717) is 23.1 Å². The van der Waals surface area contributed by atoms with E-state index in [1.807, 2.05) is 68.4 Å². The lowest BCUT2D eigenvalue weighted by Gasteiger charge is -2.12. The molecule has 3 aromatic rings. The van der Waals surface area contributed by atoms with Crippen LogP contribution in [0.15, 0.2) is 76.7 Å². The molecule has 0 unspecified atom stereocenters. The summed E-state index contributed by atoms with van der Waals surface area (Å²) in [6.45, 7) is 4.21. The largest absolute Gasteiger partial charge is 0.493 e. The second-order valence-corrected chi connectivity index (χ2v) is 8.92. The van der Waals surface area contributed by atoms with Gasteiger partial charge >= 0.3 is 0 Å². The molecule has 0 bridgehead atoms. The van der Waals surface area contributed by atoms with Crippen LogP contribution >= 0.6 is 23.4 Å². The van der Waals surface area contributed by atoms with Gasteiger partial charge in [-0.05, 0) is 55.8 Å². The van der Waals surface area contributed by atoms with E-state index in [-0.39, 0.29) is 11.2 Å². The van der Waals surface area contributed by atoms with Gasteiger partial charge < -0.3 is 9.47 Å². The zero-order chi connectivity index (χ0) is 22.9. The Kier molecular flexibility index (Phi) is 8.59. The molecule has 0 aromatic heterocycles. The van der Waals surface area contributed by atoms with Crippen LogP contribution in [0.4, 0.5) is 0 Å². The molecule has 0 aliphatic heterocycles. The zero-order valence-electron chi connectivity index (χ0n) is 18.2. The van der Waals surface area contributed by atoms with Gasteiger partial charge in [-0.15, -0.1) is 11.8 Å². The number of benzene rings is 3. The molecule has 1 N–H and O–H groups in total. The molecule has 0 saturated heterocycles. The van der Waals surface area contributed by atoms with Gasteiger partial charge in [0.25, 0.3) is 5.91 Å². The number of aryl methyl sites for hydroxylation is 1. The Labute approximate surface area is 197 Å². The summed E-state index contributed by atoms with van der Waals surface area (Å²) in [7, 11) is 1.57. The van der Waals surface area contributed by atoms with E-state index in [4.69, 9.17) is 21.1 Å². The zero-order valence-corrected chi connectivity index (χ0v) is 19.7. The highest BCUT2D eigenvalue weighted by Crippen LogP contribution is 2.29. The van der Waals surface area contributed by atoms with Crippen molar-refractivity contribution in [1.29, 1.82) is 0 Å². The van der Waals surface area contributed by atoms with Crippen LogP contribution in [0.3, 0.4) is 0 Å². The van der Waals surface area contributed by atoms with E-state index in [1.54, 1.807) is 25.5 Å². The molecule has 0 aliphatic carbocycles. The molecule has 0 aliphatic rings. The lowest BCUT2D eigenvalue weighted by atomic mass is 10.2. The van der Waals surface area contributed by atoms with Crippen molar-refractivity contribution in [2.45, 2.75) is 30.6 Å². The second-order valence-electron chi connectivity index (χ2n) is 7.10. The first-order valence-electron chi connectivity index (χ1n) is 10.1. The molecule has 3 aromatic carbocycles. The van der Waals surface area contributed by atoms with Crippen molar-refractivity contribution in [3.05, 3.63) is 88.4 Å². The van der Waals surface area contributed by atoms with Gasteiger partial charge in [-0.25, -0.2) is 5.43 Å². The number of methoxy groups -OCH3 is 1. The minimum absolute atomic E-state index is 0.168. The summed E-state index contributed by atoms with van der Waals surface area (Å²) in [5.41, 5.74) is 5.44. The summed E-state index contributed by atoms with van der Waals surface area (Å²) in [5.74, 6) is 0.992. The third kappa shape index (κ3) is 6.77. The highest BCUT2D eigenvalue weighted by atomic mass is 35.5. The Hall–Kier alpha value is -2.96. The quantitative estimate of drug-likeness (QED) is 0.242. The number of halogens is 1. The first kappa shape index (κ1) is 23.7. The molecule has 0 heterocycles. The van der Waals surface area contributed by atoms with Crippen molar-refractivity contribution < 1.29 is 14.3 Å². The number of nitrogens with zero attached hydrogens (tertiary/aromatic N) is 1. The van der Waals surface area contributed by atoms with Gasteiger partial charge in [0.05, 0.1) is 18.6 Å². The molecule has 0 saturated carbocycles. The monoisotopic (exact) mass is 468 g/mol. The van der Waals surface area contributed by atoms with Gasteiger partial charge in [-0.3, -0.25) is 4.79 Å². The normalized spacial score (nSPS) is 11.9. The molecular formula is C25H25ClN2O3S. The molecule has 5 nitrogen and oxygen atoms in total. The average Bonchev–Trinajstić information content (AvgIpc) is 2.80. The van der Waals surface area contributed by atoms with Crippen LogP contribution in [-0.2, 0) is 11.4 Å². The summed E-state index contributed by atoms with van der Waals surface area (Å²) < 4.78 is 11.3. The number of amides is 1. The molecule has 1 atom stereocenters. The van der Waals surface area contributed by atoms with Crippen LogP contribution in [0.1, 0.15) is 23.6 Å². The maximum absolute atomic E-state index is 12.3. The van der Waals surface area contributed by atoms with E-state index in [9.17, 15) is 4.79 Å². The number of carbonyl (C=O) groups is 1. The van der Waals surface area contributed by atoms with E-state index >= 15 is 0 Å².